The monoisotopic (exact) mass is 471 g/mol. The van der Waals surface area contributed by atoms with Gasteiger partial charge in [0, 0.05) is 47.9 Å². The van der Waals surface area contributed by atoms with Crippen molar-refractivity contribution < 1.29 is 9.59 Å². The van der Waals surface area contributed by atoms with Crippen molar-refractivity contribution in [1.29, 1.82) is 0 Å². The van der Waals surface area contributed by atoms with Crippen LogP contribution in [0.3, 0.4) is 0 Å². The van der Waals surface area contributed by atoms with E-state index in [0.717, 1.165) is 34.8 Å². The predicted octanol–water partition coefficient (Wildman–Crippen LogP) is 4.51. The SMILES string of the molecule is O=C(Nc1ccccn1)C1CCCN(C(=O)c2ccc(SCc3cn4ccccc4n3)cc2)C1. The summed E-state index contributed by atoms with van der Waals surface area (Å²) in [6, 6.07) is 19.0. The Hall–Kier alpha value is -3.65. The van der Waals surface area contributed by atoms with Gasteiger partial charge in [0.05, 0.1) is 11.6 Å². The zero-order chi connectivity index (χ0) is 23.3. The summed E-state index contributed by atoms with van der Waals surface area (Å²) in [6.45, 7) is 1.08. The summed E-state index contributed by atoms with van der Waals surface area (Å²) in [7, 11) is 0. The number of carbonyl (C=O) groups excluding carboxylic acids is 2. The van der Waals surface area contributed by atoms with Gasteiger partial charge in [-0.1, -0.05) is 12.1 Å². The summed E-state index contributed by atoms with van der Waals surface area (Å²) in [5, 5.41) is 2.86. The van der Waals surface area contributed by atoms with Crippen molar-refractivity contribution in [2.24, 2.45) is 5.92 Å². The van der Waals surface area contributed by atoms with Crippen molar-refractivity contribution in [2.75, 3.05) is 18.4 Å². The number of thioether (sulfide) groups is 1. The molecule has 1 unspecified atom stereocenters. The van der Waals surface area contributed by atoms with Crippen LogP contribution in [0.2, 0.25) is 0 Å². The minimum atomic E-state index is -0.236. The van der Waals surface area contributed by atoms with Gasteiger partial charge in [-0.25, -0.2) is 9.97 Å². The fourth-order valence-electron chi connectivity index (χ4n) is 4.13. The van der Waals surface area contributed by atoms with Crippen LogP contribution in [0.5, 0.6) is 0 Å². The number of anilines is 1. The first-order valence-corrected chi connectivity index (χ1v) is 12.3. The quantitative estimate of drug-likeness (QED) is 0.419. The van der Waals surface area contributed by atoms with Crippen molar-refractivity contribution >= 4 is 35.0 Å². The third-order valence-electron chi connectivity index (χ3n) is 5.90. The van der Waals surface area contributed by atoms with Crippen LogP contribution in [0.25, 0.3) is 5.65 Å². The standard InChI is InChI=1S/C26H25N5O2S/c32-25(29-23-7-1-3-13-27-23)20-6-5-15-31(16-20)26(33)19-9-11-22(12-10-19)34-18-21-17-30-14-4-2-8-24(30)28-21/h1-4,7-14,17,20H,5-6,15-16,18H2,(H,27,29,32). The molecule has 0 radical (unpaired) electrons. The van der Waals surface area contributed by atoms with Crippen LogP contribution in [0.4, 0.5) is 5.82 Å². The Bertz CT molecular complexity index is 1260. The first-order valence-electron chi connectivity index (χ1n) is 11.3. The highest BCUT2D eigenvalue weighted by molar-refractivity contribution is 7.98. The maximum atomic E-state index is 13.1. The molecule has 5 rings (SSSR count). The third-order valence-corrected chi connectivity index (χ3v) is 6.94. The predicted molar refractivity (Wildman–Crippen MR) is 133 cm³/mol. The third kappa shape index (κ3) is 5.12. The molecule has 34 heavy (non-hydrogen) atoms. The van der Waals surface area contributed by atoms with Crippen molar-refractivity contribution in [3.05, 3.63) is 90.5 Å². The van der Waals surface area contributed by atoms with Gasteiger partial charge in [0.2, 0.25) is 5.91 Å². The molecule has 7 nitrogen and oxygen atoms in total. The molecular formula is C26H25N5O2S. The number of benzene rings is 1. The van der Waals surface area contributed by atoms with Crippen LogP contribution in [0, 0.1) is 5.92 Å². The Morgan fingerprint density at radius 1 is 1.06 bits per heavy atom. The summed E-state index contributed by atoms with van der Waals surface area (Å²) < 4.78 is 2.01. The van der Waals surface area contributed by atoms with E-state index in [1.165, 1.54) is 0 Å². The van der Waals surface area contributed by atoms with Crippen LogP contribution in [-0.2, 0) is 10.5 Å². The number of pyridine rings is 2. The van der Waals surface area contributed by atoms with E-state index < -0.39 is 0 Å². The molecule has 1 N–H and O–H groups in total. The first-order chi connectivity index (χ1) is 16.7. The van der Waals surface area contributed by atoms with Crippen LogP contribution in [-0.4, -0.2) is 44.2 Å². The molecule has 1 fully saturated rings. The fraction of sp³-hybridized carbons (Fsp3) is 0.231. The maximum Gasteiger partial charge on any atom is 0.253 e. The van der Waals surface area contributed by atoms with E-state index in [-0.39, 0.29) is 17.7 Å². The molecule has 4 aromatic rings. The van der Waals surface area contributed by atoms with E-state index >= 15 is 0 Å². The number of aromatic nitrogens is 3. The minimum absolute atomic E-state index is 0.0350. The zero-order valence-corrected chi connectivity index (χ0v) is 19.4. The van der Waals surface area contributed by atoms with Gasteiger partial charge in [0.15, 0.2) is 0 Å². The Morgan fingerprint density at radius 3 is 2.71 bits per heavy atom. The highest BCUT2D eigenvalue weighted by Crippen LogP contribution is 2.25. The second-order valence-electron chi connectivity index (χ2n) is 8.31. The smallest absolute Gasteiger partial charge is 0.253 e. The molecule has 0 spiro atoms. The van der Waals surface area contributed by atoms with Crippen LogP contribution >= 0.6 is 11.8 Å². The molecule has 1 aliphatic rings. The second-order valence-corrected chi connectivity index (χ2v) is 9.35. The number of nitrogens with zero attached hydrogens (tertiary/aromatic N) is 4. The number of fused-ring (bicyclic) bond motifs is 1. The fourth-order valence-corrected chi connectivity index (χ4v) is 4.91. The summed E-state index contributed by atoms with van der Waals surface area (Å²) in [4.78, 5) is 37.4. The van der Waals surface area contributed by atoms with Gasteiger partial charge in [-0.3, -0.25) is 9.59 Å². The van der Waals surface area contributed by atoms with Crippen molar-refractivity contribution in [3.63, 3.8) is 0 Å². The van der Waals surface area contributed by atoms with Gasteiger partial charge in [0.1, 0.15) is 11.5 Å². The Kier molecular flexibility index (Phi) is 6.58. The molecule has 8 heteroatoms. The topological polar surface area (TPSA) is 79.6 Å². The minimum Gasteiger partial charge on any atom is -0.338 e. The number of amides is 2. The van der Waals surface area contributed by atoms with Gasteiger partial charge in [-0.05, 0) is 61.4 Å². The van der Waals surface area contributed by atoms with E-state index in [0.29, 0.717) is 24.5 Å². The molecule has 172 valence electrons. The van der Waals surface area contributed by atoms with Crippen LogP contribution in [0.1, 0.15) is 28.9 Å². The Balaban J connectivity index is 1.17. The normalized spacial score (nSPS) is 15.9. The number of nitrogens with one attached hydrogen (secondary N) is 1. The lowest BCUT2D eigenvalue weighted by atomic mass is 9.96. The molecule has 3 aromatic heterocycles. The van der Waals surface area contributed by atoms with Crippen LogP contribution < -0.4 is 5.32 Å². The number of likely N-dealkylation sites (tertiary alicyclic amines) is 1. The molecule has 0 saturated carbocycles. The second kappa shape index (κ2) is 10.1. The van der Waals surface area contributed by atoms with E-state index in [1.807, 2.05) is 65.3 Å². The molecular weight excluding hydrogens is 446 g/mol. The van der Waals surface area contributed by atoms with Gasteiger partial charge in [0.25, 0.3) is 5.91 Å². The zero-order valence-electron chi connectivity index (χ0n) is 18.6. The van der Waals surface area contributed by atoms with E-state index in [1.54, 1.807) is 35.0 Å². The number of carbonyl (C=O) groups is 2. The van der Waals surface area contributed by atoms with Gasteiger partial charge in [-0.15, -0.1) is 11.8 Å². The highest BCUT2D eigenvalue weighted by atomic mass is 32.2. The summed E-state index contributed by atoms with van der Waals surface area (Å²) in [5.41, 5.74) is 2.59. The Morgan fingerprint density at radius 2 is 1.91 bits per heavy atom. The van der Waals surface area contributed by atoms with Gasteiger partial charge < -0.3 is 14.6 Å². The lowest BCUT2D eigenvalue weighted by Gasteiger charge is -2.32. The molecule has 4 heterocycles. The summed E-state index contributed by atoms with van der Waals surface area (Å²) >= 11 is 1.69. The van der Waals surface area contributed by atoms with Crippen molar-refractivity contribution in [1.82, 2.24) is 19.3 Å². The number of rotatable bonds is 6. The van der Waals surface area contributed by atoms with Crippen molar-refractivity contribution in [2.45, 2.75) is 23.5 Å². The maximum absolute atomic E-state index is 13.1. The average molecular weight is 472 g/mol. The summed E-state index contributed by atoms with van der Waals surface area (Å²) in [5.74, 6) is 0.934. The van der Waals surface area contributed by atoms with E-state index in [9.17, 15) is 9.59 Å². The first kappa shape index (κ1) is 22.2. The number of hydrogen-bond acceptors (Lipinski definition) is 5. The lowest BCUT2D eigenvalue weighted by Crippen LogP contribution is -2.43. The molecule has 0 bridgehead atoms. The molecule has 0 aliphatic carbocycles. The number of hydrogen-bond donors (Lipinski definition) is 1. The molecule has 2 amide bonds. The molecule has 1 atom stereocenters. The average Bonchev–Trinajstić information content (AvgIpc) is 3.31. The number of imidazole rings is 1. The lowest BCUT2D eigenvalue weighted by molar-refractivity contribution is -0.121. The molecule has 1 aromatic carbocycles. The highest BCUT2D eigenvalue weighted by Gasteiger charge is 2.29. The van der Waals surface area contributed by atoms with Gasteiger partial charge in [-0.2, -0.15) is 0 Å². The van der Waals surface area contributed by atoms with E-state index in [2.05, 4.69) is 15.3 Å². The van der Waals surface area contributed by atoms with Gasteiger partial charge >= 0.3 is 0 Å². The van der Waals surface area contributed by atoms with Crippen LogP contribution in [0.15, 0.2) is 84.1 Å². The summed E-state index contributed by atoms with van der Waals surface area (Å²) in [6.07, 6.45) is 7.24. The largest absolute Gasteiger partial charge is 0.338 e. The molecule has 1 saturated heterocycles. The van der Waals surface area contributed by atoms with E-state index in [4.69, 9.17) is 0 Å². The molecule has 1 aliphatic heterocycles. The number of piperidine rings is 1. The Labute approximate surface area is 202 Å². The van der Waals surface area contributed by atoms with Crippen molar-refractivity contribution in [3.8, 4) is 0 Å².